The monoisotopic (exact) mass is 523 g/mol. The van der Waals surface area contributed by atoms with Crippen molar-refractivity contribution in [1.82, 2.24) is 9.88 Å². The highest BCUT2D eigenvalue weighted by Crippen LogP contribution is 2.52. The van der Waals surface area contributed by atoms with E-state index in [1.807, 2.05) is 0 Å². The van der Waals surface area contributed by atoms with Crippen molar-refractivity contribution in [1.29, 1.82) is 0 Å². The molecule has 0 spiro atoms. The molecule has 1 amide bonds. The number of pyridine rings is 1. The number of carbonyl (C=O) groups excluding carboxylic acids is 4. The first-order valence-electron chi connectivity index (χ1n) is 12.3. The Morgan fingerprint density at radius 1 is 1.16 bits per heavy atom. The first-order chi connectivity index (χ1) is 17.9. The fourth-order valence-electron chi connectivity index (χ4n) is 6.84. The number of rotatable bonds is 4. The Bertz CT molecular complexity index is 1370. The number of aromatic hydroxyl groups is 1. The van der Waals surface area contributed by atoms with E-state index in [1.165, 1.54) is 13.2 Å². The number of phenolic OH excluding ortho intramolecular Hbond substituents is 1. The fourth-order valence-corrected chi connectivity index (χ4v) is 6.84. The van der Waals surface area contributed by atoms with Crippen LogP contribution in [0, 0.1) is 23.7 Å². The van der Waals surface area contributed by atoms with Gasteiger partial charge in [-0.25, -0.2) is 0 Å². The molecule has 200 valence electrons. The molecule has 0 radical (unpaired) electrons. The molecule has 0 aliphatic heterocycles. The summed E-state index contributed by atoms with van der Waals surface area (Å²) < 4.78 is 5.47. The van der Waals surface area contributed by atoms with Gasteiger partial charge >= 0.3 is 0 Å². The number of aromatic nitrogens is 1. The van der Waals surface area contributed by atoms with Crippen LogP contribution in [0.5, 0.6) is 11.5 Å². The van der Waals surface area contributed by atoms with Crippen molar-refractivity contribution in [3.05, 3.63) is 41.7 Å². The minimum Gasteiger partial charge on any atom is -0.507 e. The molecule has 3 aliphatic rings. The molecule has 3 aliphatic carbocycles. The predicted octanol–water partition coefficient (Wildman–Crippen LogP) is -0.271. The molecule has 0 bridgehead atoms. The van der Waals surface area contributed by atoms with Crippen molar-refractivity contribution in [2.45, 2.75) is 30.6 Å². The molecule has 0 saturated heterocycles. The van der Waals surface area contributed by atoms with E-state index in [1.54, 1.807) is 43.5 Å². The van der Waals surface area contributed by atoms with Crippen LogP contribution in [0.1, 0.15) is 22.3 Å². The Morgan fingerprint density at radius 2 is 1.87 bits per heavy atom. The van der Waals surface area contributed by atoms with Gasteiger partial charge in [0, 0.05) is 29.9 Å². The summed E-state index contributed by atoms with van der Waals surface area (Å²) in [6.45, 7) is 0. The fraction of sp³-hybridized carbons (Fsp3) is 0.444. The summed E-state index contributed by atoms with van der Waals surface area (Å²) >= 11 is 0. The molecule has 7 atom stereocenters. The van der Waals surface area contributed by atoms with Crippen LogP contribution in [-0.2, 0) is 20.8 Å². The average molecular weight is 524 g/mol. The number of primary amides is 1. The third kappa shape index (κ3) is 3.42. The first kappa shape index (κ1) is 26.0. The molecule has 5 rings (SSSR count). The summed E-state index contributed by atoms with van der Waals surface area (Å²) in [6, 6.07) is 3.70. The quantitative estimate of drug-likeness (QED) is 0.390. The smallest absolute Gasteiger partial charge is 0.230 e. The van der Waals surface area contributed by atoms with Crippen LogP contribution in [0.25, 0.3) is 11.1 Å². The van der Waals surface area contributed by atoms with E-state index < -0.39 is 64.7 Å². The number of aliphatic hydroxyl groups excluding tert-OH is 1. The van der Waals surface area contributed by atoms with Gasteiger partial charge in [0.15, 0.2) is 23.0 Å². The van der Waals surface area contributed by atoms with Crippen LogP contribution in [0.4, 0.5) is 0 Å². The number of hydrogen-bond acceptors (Lipinski definition) is 10. The predicted molar refractivity (Wildman–Crippen MR) is 132 cm³/mol. The number of carbonyl (C=O) groups is 4. The second-order valence-electron chi connectivity index (χ2n) is 10.5. The van der Waals surface area contributed by atoms with E-state index in [-0.39, 0.29) is 24.2 Å². The third-order valence-electron chi connectivity index (χ3n) is 8.46. The molecular weight excluding hydrogens is 494 g/mol. The molecule has 1 aromatic heterocycles. The molecule has 2 saturated carbocycles. The molecule has 11 nitrogen and oxygen atoms in total. The van der Waals surface area contributed by atoms with Crippen molar-refractivity contribution in [2.24, 2.45) is 29.4 Å². The maximum atomic E-state index is 13.9. The van der Waals surface area contributed by atoms with Gasteiger partial charge in [0.05, 0.1) is 24.7 Å². The molecule has 1 heterocycles. The van der Waals surface area contributed by atoms with Gasteiger partial charge in [0.25, 0.3) is 0 Å². The number of hydrogen-bond donors (Lipinski definition) is 4. The molecule has 2 unspecified atom stereocenters. The van der Waals surface area contributed by atoms with Crippen molar-refractivity contribution < 1.29 is 39.2 Å². The minimum absolute atomic E-state index is 0.0362. The van der Waals surface area contributed by atoms with Crippen LogP contribution >= 0.6 is 0 Å². The van der Waals surface area contributed by atoms with Crippen molar-refractivity contribution in [3.8, 4) is 22.6 Å². The minimum atomic E-state index is -2.69. The molecule has 1 aromatic carbocycles. The maximum absolute atomic E-state index is 13.9. The van der Waals surface area contributed by atoms with Crippen LogP contribution in [0.15, 0.2) is 30.6 Å². The number of Topliss-reactive ketones (excluding diaryl/α,β-unsaturated/α-hetero) is 3. The van der Waals surface area contributed by atoms with Crippen LogP contribution in [-0.4, -0.2) is 87.4 Å². The standard InChI is InChI=1S/C27H29N3O8/c1-30(2)21-15-9-11-8-13-12(14-10-29-7-6-17(14)38-3)4-5-16(31)19(13)22(32)18(11)24(34)27(15,37)25(35)20(23(21)33)26(28)36/h4-7,10-11,15,18,20-21,23,31,33,37H,8-9H2,1-3H3,(H2,28,36)/t11-,15-,18?,20+,21-,23?,27-/m0/s1. The number of ether oxygens (including phenoxy) is 1. The normalized spacial score (nSPS) is 32.4. The third-order valence-corrected chi connectivity index (χ3v) is 8.46. The zero-order valence-electron chi connectivity index (χ0n) is 21.1. The second kappa shape index (κ2) is 8.97. The van der Waals surface area contributed by atoms with Gasteiger partial charge in [-0.2, -0.15) is 0 Å². The van der Waals surface area contributed by atoms with E-state index in [2.05, 4.69) is 4.98 Å². The number of ketones is 3. The maximum Gasteiger partial charge on any atom is 0.230 e. The largest absolute Gasteiger partial charge is 0.507 e. The Labute approximate surface area is 218 Å². The van der Waals surface area contributed by atoms with Crippen molar-refractivity contribution in [2.75, 3.05) is 21.2 Å². The van der Waals surface area contributed by atoms with Gasteiger partial charge in [-0.15, -0.1) is 0 Å². The number of aliphatic hydroxyl groups is 2. The number of amides is 1. The van der Waals surface area contributed by atoms with E-state index in [0.29, 0.717) is 22.4 Å². The molecule has 2 aromatic rings. The van der Waals surface area contributed by atoms with E-state index in [4.69, 9.17) is 10.5 Å². The van der Waals surface area contributed by atoms with Crippen LogP contribution in [0.3, 0.4) is 0 Å². The SMILES string of the molecule is COc1ccncc1-c1ccc(O)c2c1C[C@H]1C[C@H]3[C@H](N(C)C)C(O)[C@@H](C(N)=O)C(=O)[C@@]3(O)C(=O)C1C2=O. The number of benzene rings is 1. The van der Waals surface area contributed by atoms with E-state index in [0.717, 1.165) is 0 Å². The molecule has 11 heteroatoms. The highest BCUT2D eigenvalue weighted by Gasteiger charge is 2.69. The summed E-state index contributed by atoms with van der Waals surface area (Å²) in [4.78, 5) is 59.0. The zero-order valence-corrected chi connectivity index (χ0v) is 21.1. The Kier molecular flexibility index (Phi) is 6.13. The average Bonchev–Trinajstić information content (AvgIpc) is 2.86. The van der Waals surface area contributed by atoms with Gasteiger partial charge in [0.2, 0.25) is 5.91 Å². The van der Waals surface area contributed by atoms with Gasteiger partial charge in [-0.05, 0) is 56.1 Å². The molecule has 5 N–H and O–H groups in total. The van der Waals surface area contributed by atoms with Crippen LogP contribution in [0.2, 0.25) is 0 Å². The van der Waals surface area contributed by atoms with E-state index >= 15 is 0 Å². The number of fused-ring (bicyclic) bond motifs is 3. The number of nitrogens with zero attached hydrogens (tertiary/aromatic N) is 2. The Morgan fingerprint density at radius 3 is 2.50 bits per heavy atom. The van der Waals surface area contributed by atoms with Gasteiger partial charge in [-0.1, -0.05) is 6.07 Å². The van der Waals surface area contributed by atoms with Gasteiger partial charge < -0.3 is 30.7 Å². The van der Waals surface area contributed by atoms with Gasteiger partial charge in [-0.3, -0.25) is 24.2 Å². The lowest BCUT2D eigenvalue weighted by Crippen LogP contribution is -2.75. The molecule has 2 fully saturated rings. The summed E-state index contributed by atoms with van der Waals surface area (Å²) in [5.74, 6) is -8.89. The van der Waals surface area contributed by atoms with Crippen molar-refractivity contribution >= 4 is 23.3 Å². The van der Waals surface area contributed by atoms with Gasteiger partial charge in [0.1, 0.15) is 17.4 Å². The first-order valence-corrected chi connectivity index (χ1v) is 12.3. The topological polar surface area (TPSA) is 180 Å². The highest BCUT2D eigenvalue weighted by atomic mass is 16.5. The summed E-state index contributed by atoms with van der Waals surface area (Å²) in [7, 11) is 4.70. The Balaban J connectivity index is 1.67. The van der Waals surface area contributed by atoms with Crippen LogP contribution < -0.4 is 10.5 Å². The summed E-state index contributed by atoms with van der Waals surface area (Å²) in [6.07, 6.45) is 1.80. The summed E-state index contributed by atoms with van der Waals surface area (Å²) in [5, 5.41) is 33.3. The van der Waals surface area contributed by atoms with E-state index in [9.17, 15) is 34.5 Å². The lowest BCUT2D eigenvalue weighted by atomic mass is 9.52. The lowest BCUT2D eigenvalue weighted by molar-refractivity contribution is -0.190. The number of phenols is 1. The molecule has 38 heavy (non-hydrogen) atoms. The number of likely N-dealkylation sites (N-methyl/N-ethyl adjacent to an activating group) is 1. The zero-order chi connectivity index (χ0) is 27.7. The molecular formula is C27H29N3O8. The lowest BCUT2D eigenvalue weighted by Gasteiger charge is -2.54. The summed E-state index contributed by atoms with van der Waals surface area (Å²) in [5.41, 5.74) is 4.33. The highest BCUT2D eigenvalue weighted by molar-refractivity contribution is 6.25. The number of nitrogens with two attached hydrogens (primary N) is 1. The Hall–Kier alpha value is -3.67. The van der Waals surface area contributed by atoms with Crippen molar-refractivity contribution in [3.63, 3.8) is 0 Å². The number of methoxy groups -OCH3 is 1. The second-order valence-corrected chi connectivity index (χ2v) is 10.5.